The number of nitrogens with one attached hydrogen (secondary N) is 3. The number of aromatic amines is 2. The SMILES string of the molecule is C=C/C(=C\C(=C/C)c1cnc2n[nH]c(-c3cc4c(-c5cc(C)cc(F)c5)ccnc4[nH]3)c2c1)NC(=C)CCCC. The highest BCUT2D eigenvalue weighted by Gasteiger charge is 2.16. The third-order valence-electron chi connectivity index (χ3n) is 6.89. The Morgan fingerprint density at radius 3 is 2.73 bits per heavy atom. The highest BCUT2D eigenvalue weighted by Crippen LogP contribution is 2.34. The van der Waals surface area contributed by atoms with E-state index < -0.39 is 0 Å². The number of pyridine rings is 2. The predicted molar refractivity (Wildman–Crippen MR) is 163 cm³/mol. The first-order valence-corrected chi connectivity index (χ1v) is 13.5. The first-order chi connectivity index (χ1) is 19.4. The van der Waals surface area contributed by atoms with Crippen molar-refractivity contribution in [3.05, 3.63) is 109 Å². The molecule has 1 aromatic carbocycles. The molecular formula is C33H33FN6. The minimum absolute atomic E-state index is 0.261. The van der Waals surface area contributed by atoms with Gasteiger partial charge in [-0.3, -0.25) is 5.10 Å². The van der Waals surface area contributed by atoms with Crippen molar-refractivity contribution in [1.29, 1.82) is 0 Å². The molecule has 4 aromatic heterocycles. The van der Waals surface area contributed by atoms with Crippen LogP contribution in [0.1, 0.15) is 44.2 Å². The smallest absolute Gasteiger partial charge is 0.181 e. The van der Waals surface area contributed by atoms with Crippen LogP contribution in [0.2, 0.25) is 0 Å². The molecule has 40 heavy (non-hydrogen) atoms. The second kappa shape index (κ2) is 11.5. The van der Waals surface area contributed by atoms with E-state index in [-0.39, 0.29) is 5.82 Å². The van der Waals surface area contributed by atoms with Crippen molar-refractivity contribution in [3.63, 3.8) is 0 Å². The summed E-state index contributed by atoms with van der Waals surface area (Å²) in [6.07, 6.45) is 12.6. The van der Waals surface area contributed by atoms with Crippen LogP contribution in [0.25, 0.3) is 50.2 Å². The summed E-state index contributed by atoms with van der Waals surface area (Å²) in [4.78, 5) is 12.6. The number of H-pyrrole nitrogens is 2. The van der Waals surface area contributed by atoms with Crippen molar-refractivity contribution < 1.29 is 4.39 Å². The molecule has 0 aliphatic heterocycles. The van der Waals surface area contributed by atoms with Crippen LogP contribution in [-0.2, 0) is 0 Å². The maximum absolute atomic E-state index is 14.2. The van der Waals surface area contributed by atoms with E-state index in [4.69, 9.17) is 0 Å². The van der Waals surface area contributed by atoms with Gasteiger partial charge in [0.15, 0.2) is 5.65 Å². The van der Waals surface area contributed by atoms with Crippen molar-refractivity contribution in [2.75, 3.05) is 0 Å². The first-order valence-electron chi connectivity index (χ1n) is 13.5. The molecule has 5 rings (SSSR count). The van der Waals surface area contributed by atoms with Gasteiger partial charge in [-0.25, -0.2) is 14.4 Å². The van der Waals surface area contributed by atoms with Gasteiger partial charge >= 0.3 is 0 Å². The van der Waals surface area contributed by atoms with E-state index in [2.05, 4.69) is 56.6 Å². The van der Waals surface area contributed by atoms with Gasteiger partial charge in [0.2, 0.25) is 0 Å². The number of aromatic nitrogens is 5. The summed E-state index contributed by atoms with van der Waals surface area (Å²) in [7, 11) is 0. The Morgan fingerprint density at radius 2 is 1.98 bits per heavy atom. The Labute approximate surface area is 233 Å². The standard InChI is InChI=1S/C33H33FN6/c1-6-9-10-21(5)37-26(8-3)16-22(7-2)24-17-29-31(39-40-33(29)36-19-24)30-18-28-27(11-12-35-32(28)38-30)23-13-20(4)14-25(34)15-23/h7-8,11-19,37H,3,5-6,9-10H2,1-2,4H3,(H,35,38)(H,36,39,40)/b22-7+,26-16+. The molecule has 0 aliphatic carbocycles. The van der Waals surface area contributed by atoms with Crippen molar-refractivity contribution >= 4 is 27.6 Å². The number of rotatable bonds is 10. The Kier molecular flexibility index (Phi) is 7.73. The lowest BCUT2D eigenvalue weighted by Crippen LogP contribution is -2.10. The number of unbranched alkanes of at least 4 members (excludes halogenated alkanes) is 1. The molecule has 0 unspecified atom stereocenters. The molecular weight excluding hydrogens is 499 g/mol. The van der Waals surface area contributed by atoms with E-state index in [1.807, 2.05) is 50.4 Å². The largest absolute Gasteiger partial charge is 0.359 e. The second-order valence-electron chi connectivity index (χ2n) is 9.89. The number of fused-ring (bicyclic) bond motifs is 2. The average molecular weight is 533 g/mol. The first kappa shape index (κ1) is 26.8. The van der Waals surface area contributed by atoms with Gasteiger partial charge in [-0.15, -0.1) is 0 Å². The zero-order valence-corrected chi connectivity index (χ0v) is 23.1. The third kappa shape index (κ3) is 5.50. The van der Waals surface area contributed by atoms with Crippen molar-refractivity contribution in [2.45, 2.75) is 40.0 Å². The molecule has 5 aromatic rings. The molecule has 0 fully saturated rings. The van der Waals surface area contributed by atoms with Gasteiger partial charge in [-0.2, -0.15) is 5.10 Å². The fourth-order valence-electron chi connectivity index (χ4n) is 4.87. The topological polar surface area (TPSA) is 82.3 Å². The van der Waals surface area contributed by atoms with Crippen LogP contribution in [0.4, 0.5) is 4.39 Å². The molecule has 0 amide bonds. The van der Waals surface area contributed by atoms with E-state index in [9.17, 15) is 4.39 Å². The lowest BCUT2D eigenvalue weighted by molar-refractivity contribution is 0.627. The van der Waals surface area contributed by atoms with Gasteiger partial charge in [-0.1, -0.05) is 38.6 Å². The lowest BCUT2D eigenvalue weighted by Gasteiger charge is -2.11. The summed E-state index contributed by atoms with van der Waals surface area (Å²) in [6, 6.07) is 11.1. The highest BCUT2D eigenvalue weighted by atomic mass is 19.1. The molecule has 4 heterocycles. The Hall–Kier alpha value is -4.78. The summed E-state index contributed by atoms with van der Waals surface area (Å²) in [5.74, 6) is -0.261. The van der Waals surface area contributed by atoms with Crippen molar-refractivity contribution in [1.82, 2.24) is 30.5 Å². The van der Waals surface area contributed by atoms with Gasteiger partial charge in [0.1, 0.15) is 11.5 Å². The number of allylic oxidation sites excluding steroid dienone is 5. The minimum Gasteiger partial charge on any atom is -0.359 e. The quantitative estimate of drug-likeness (QED) is 0.158. The van der Waals surface area contributed by atoms with Gasteiger partial charge in [0, 0.05) is 40.1 Å². The maximum atomic E-state index is 14.2. The molecule has 0 aliphatic rings. The van der Waals surface area contributed by atoms with Crippen LogP contribution in [0.15, 0.2) is 91.6 Å². The molecule has 0 bridgehead atoms. The molecule has 0 saturated carbocycles. The minimum atomic E-state index is -0.261. The average Bonchev–Trinajstić information content (AvgIpc) is 3.57. The highest BCUT2D eigenvalue weighted by molar-refractivity contribution is 5.99. The number of aryl methyl sites for hydroxylation is 1. The summed E-state index contributed by atoms with van der Waals surface area (Å²) < 4.78 is 14.2. The zero-order valence-electron chi connectivity index (χ0n) is 23.1. The van der Waals surface area contributed by atoms with E-state index >= 15 is 0 Å². The Morgan fingerprint density at radius 1 is 1.12 bits per heavy atom. The predicted octanol–water partition coefficient (Wildman–Crippen LogP) is 8.38. The van der Waals surface area contributed by atoms with Gasteiger partial charge in [0.05, 0.1) is 11.4 Å². The van der Waals surface area contributed by atoms with E-state index in [1.165, 1.54) is 6.07 Å². The normalized spacial score (nSPS) is 12.3. The molecule has 0 spiro atoms. The monoisotopic (exact) mass is 532 g/mol. The Balaban J connectivity index is 1.53. The zero-order chi connectivity index (χ0) is 28.2. The van der Waals surface area contributed by atoms with Crippen LogP contribution in [0, 0.1) is 12.7 Å². The van der Waals surface area contributed by atoms with Gasteiger partial charge < -0.3 is 10.3 Å². The van der Waals surface area contributed by atoms with Crippen LogP contribution < -0.4 is 5.32 Å². The molecule has 202 valence electrons. The van der Waals surface area contributed by atoms with Crippen LogP contribution in [-0.4, -0.2) is 25.1 Å². The van der Waals surface area contributed by atoms with E-state index in [0.717, 1.165) is 80.6 Å². The van der Waals surface area contributed by atoms with Crippen LogP contribution >= 0.6 is 0 Å². The number of nitrogens with zero attached hydrogens (tertiary/aromatic N) is 3. The fraction of sp³-hybridized carbons (Fsp3) is 0.182. The second-order valence-corrected chi connectivity index (χ2v) is 9.89. The van der Waals surface area contributed by atoms with E-state index in [0.29, 0.717) is 11.3 Å². The summed E-state index contributed by atoms with van der Waals surface area (Å²) in [5.41, 5.74) is 9.31. The number of hydrogen-bond acceptors (Lipinski definition) is 4. The van der Waals surface area contributed by atoms with Crippen molar-refractivity contribution in [2.24, 2.45) is 0 Å². The molecule has 0 atom stereocenters. The van der Waals surface area contributed by atoms with Gasteiger partial charge in [0.25, 0.3) is 0 Å². The van der Waals surface area contributed by atoms with Gasteiger partial charge in [-0.05, 0) is 91.4 Å². The fourth-order valence-corrected chi connectivity index (χ4v) is 4.87. The third-order valence-corrected chi connectivity index (χ3v) is 6.89. The van der Waals surface area contributed by atoms with E-state index in [1.54, 1.807) is 18.3 Å². The summed E-state index contributed by atoms with van der Waals surface area (Å²) in [5, 5.41) is 12.7. The Bertz CT molecular complexity index is 1770. The van der Waals surface area contributed by atoms with Crippen molar-refractivity contribution in [3.8, 4) is 22.5 Å². The number of benzene rings is 1. The van der Waals surface area contributed by atoms with Crippen LogP contribution in [0.5, 0.6) is 0 Å². The molecule has 7 heteroatoms. The molecule has 0 radical (unpaired) electrons. The molecule has 6 nitrogen and oxygen atoms in total. The maximum Gasteiger partial charge on any atom is 0.181 e. The summed E-state index contributed by atoms with van der Waals surface area (Å²) in [6.45, 7) is 14.2. The summed E-state index contributed by atoms with van der Waals surface area (Å²) >= 11 is 0. The lowest BCUT2D eigenvalue weighted by atomic mass is 10.0. The molecule has 3 N–H and O–H groups in total. The molecule has 0 saturated heterocycles. The number of halogens is 1. The van der Waals surface area contributed by atoms with Crippen LogP contribution in [0.3, 0.4) is 0 Å². The number of hydrogen-bond donors (Lipinski definition) is 3.